The molecule has 0 radical (unpaired) electrons. The fourth-order valence-corrected chi connectivity index (χ4v) is 3.64. The highest BCUT2D eigenvalue weighted by Gasteiger charge is 2.14. The van der Waals surface area contributed by atoms with Gasteiger partial charge >= 0.3 is 0 Å². The zero-order chi connectivity index (χ0) is 20.8. The molecule has 1 aromatic heterocycles. The lowest BCUT2D eigenvalue weighted by molar-refractivity contribution is 0.0949. The Morgan fingerprint density at radius 3 is 2.52 bits per heavy atom. The van der Waals surface area contributed by atoms with Gasteiger partial charge in [-0.15, -0.1) is 10.2 Å². The molecule has 0 saturated heterocycles. The van der Waals surface area contributed by atoms with E-state index in [2.05, 4.69) is 34.7 Å². The molecule has 0 bridgehead atoms. The number of carbonyl (C=O) groups is 2. The van der Waals surface area contributed by atoms with Gasteiger partial charge in [0.2, 0.25) is 5.01 Å². The van der Waals surface area contributed by atoms with Crippen molar-refractivity contribution in [2.24, 2.45) is 5.92 Å². The zero-order valence-corrected chi connectivity index (χ0v) is 17.5. The van der Waals surface area contributed by atoms with Gasteiger partial charge in [0.25, 0.3) is 11.8 Å². The van der Waals surface area contributed by atoms with Crippen LogP contribution in [0.5, 0.6) is 0 Å². The molecular weight excluding hydrogens is 384 g/mol. The summed E-state index contributed by atoms with van der Waals surface area (Å²) < 4.78 is 0. The van der Waals surface area contributed by atoms with E-state index in [1.807, 2.05) is 31.2 Å². The molecule has 3 aromatic rings. The number of anilines is 1. The Hall–Kier alpha value is -3.06. The quantitative estimate of drug-likeness (QED) is 0.613. The van der Waals surface area contributed by atoms with Crippen LogP contribution in [0, 0.1) is 12.8 Å². The van der Waals surface area contributed by atoms with Gasteiger partial charge in [-0.05, 0) is 36.6 Å². The summed E-state index contributed by atoms with van der Waals surface area (Å²) in [7, 11) is 0. The van der Waals surface area contributed by atoms with Crippen LogP contribution >= 0.6 is 11.3 Å². The predicted octanol–water partition coefficient (Wildman–Crippen LogP) is 4.23. The first-order valence-corrected chi connectivity index (χ1v) is 10.3. The van der Waals surface area contributed by atoms with Crippen molar-refractivity contribution in [1.82, 2.24) is 15.5 Å². The Balaban J connectivity index is 1.61. The van der Waals surface area contributed by atoms with Crippen LogP contribution in [0.15, 0.2) is 48.5 Å². The fourth-order valence-electron chi connectivity index (χ4n) is 2.69. The van der Waals surface area contributed by atoms with Crippen molar-refractivity contribution in [3.63, 3.8) is 0 Å². The second-order valence-electron chi connectivity index (χ2n) is 7.30. The highest BCUT2D eigenvalue weighted by atomic mass is 32.1. The molecule has 7 heteroatoms. The number of aryl methyl sites for hydroxylation is 1. The molecule has 0 atom stereocenters. The number of hydrogen-bond donors (Lipinski definition) is 2. The van der Waals surface area contributed by atoms with Gasteiger partial charge in [0.1, 0.15) is 5.01 Å². The lowest BCUT2D eigenvalue weighted by Crippen LogP contribution is -2.23. The maximum Gasteiger partial charge on any atom is 0.286 e. The second kappa shape index (κ2) is 9.43. The van der Waals surface area contributed by atoms with Crippen molar-refractivity contribution in [1.29, 1.82) is 0 Å². The number of carbonyl (C=O) groups excluding carboxylic acids is 2. The van der Waals surface area contributed by atoms with Crippen LogP contribution in [0.3, 0.4) is 0 Å². The fraction of sp³-hybridized carbons (Fsp3) is 0.273. The summed E-state index contributed by atoms with van der Waals surface area (Å²) in [5.74, 6) is -0.0690. The van der Waals surface area contributed by atoms with Crippen molar-refractivity contribution in [3.05, 3.63) is 75.2 Å². The maximum absolute atomic E-state index is 12.5. The van der Waals surface area contributed by atoms with E-state index in [0.29, 0.717) is 28.7 Å². The summed E-state index contributed by atoms with van der Waals surface area (Å²) in [5, 5.41) is 14.9. The third-order valence-corrected chi connectivity index (χ3v) is 5.14. The minimum absolute atomic E-state index is 0.197. The summed E-state index contributed by atoms with van der Waals surface area (Å²) in [6, 6.07) is 14.8. The molecule has 2 N–H and O–H groups in total. The molecule has 0 aliphatic carbocycles. The summed E-state index contributed by atoms with van der Waals surface area (Å²) in [4.78, 5) is 24.9. The van der Waals surface area contributed by atoms with Crippen LogP contribution in [-0.4, -0.2) is 22.0 Å². The Morgan fingerprint density at radius 2 is 1.79 bits per heavy atom. The Morgan fingerprint density at radius 1 is 1.03 bits per heavy atom. The van der Waals surface area contributed by atoms with E-state index >= 15 is 0 Å². The van der Waals surface area contributed by atoms with E-state index < -0.39 is 0 Å². The van der Waals surface area contributed by atoms with Crippen molar-refractivity contribution < 1.29 is 9.59 Å². The van der Waals surface area contributed by atoms with Crippen LogP contribution < -0.4 is 10.6 Å². The highest BCUT2D eigenvalue weighted by molar-refractivity contribution is 7.13. The average Bonchev–Trinajstić information content (AvgIpc) is 3.15. The van der Waals surface area contributed by atoms with Crippen LogP contribution in [0.4, 0.5) is 5.69 Å². The average molecular weight is 409 g/mol. The van der Waals surface area contributed by atoms with E-state index in [0.717, 1.165) is 17.0 Å². The number of aromatic nitrogens is 2. The largest absolute Gasteiger partial charge is 0.348 e. The van der Waals surface area contributed by atoms with Crippen LogP contribution in [0.2, 0.25) is 0 Å². The number of amides is 2. The molecule has 0 spiro atoms. The monoisotopic (exact) mass is 408 g/mol. The summed E-state index contributed by atoms with van der Waals surface area (Å²) >= 11 is 1.29. The summed E-state index contributed by atoms with van der Waals surface area (Å²) in [6.07, 6.45) is 0.793. The minimum atomic E-state index is -0.324. The molecule has 2 aromatic carbocycles. The lowest BCUT2D eigenvalue weighted by Gasteiger charge is -2.08. The SMILES string of the molecule is Cc1ccc(CNC(=O)c2cccc(NC(=O)c3nnc(CC(C)C)s3)c2)cc1. The van der Waals surface area contributed by atoms with Crippen molar-refractivity contribution in [2.75, 3.05) is 5.32 Å². The van der Waals surface area contributed by atoms with Gasteiger partial charge in [-0.2, -0.15) is 0 Å². The summed E-state index contributed by atoms with van der Waals surface area (Å²) in [5.41, 5.74) is 3.23. The first-order valence-electron chi connectivity index (χ1n) is 9.48. The predicted molar refractivity (Wildman–Crippen MR) is 115 cm³/mol. The summed E-state index contributed by atoms with van der Waals surface area (Å²) in [6.45, 7) is 6.65. The molecule has 6 nitrogen and oxygen atoms in total. The van der Waals surface area contributed by atoms with Gasteiger partial charge in [-0.25, -0.2) is 0 Å². The topological polar surface area (TPSA) is 84.0 Å². The van der Waals surface area contributed by atoms with E-state index in [4.69, 9.17) is 0 Å². The van der Waals surface area contributed by atoms with E-state index in [1.165, 1.54) is 16.9 Å². The molecule has 0 unspecified atom stereocenters. The Kier molecular flexibility index (Phi) is 6.72. The smallest absolute Gasteiger partial charge is 0.286 e. The Labute approximate surface area is 174 Å². The zero-order valence-electron chi connectivity index (χ0n) is 16.7. The molecule has 0 fully saturated rings. The van der Waals surface area contributed by atoms with Gasteiger partial charge in [-0.3, -0.25) is 9.59 Å². The number of benzene rings is 2. The minimum Gasteiger partial charge on any atom is -0.348 e. The molecule has 0 aliphatic heterocycles. The first kappa shape index (κ1) is 20.7. The number of nitrogens with zero attached hydrogens (tertiary/aromatic N) is 2. The first-order chi connectivity index (χ1) is 13.9. The van der Waals surface area contributed by atoms with Gasteiger partial charge in [-0.1, -0.05) is 61.1 Å². The van der Waals surface area contributed by atoms with E-state index in [1.54, 1.807) is 24.3 Å². The van der Waals surface area contributed by atoms with Crippen molar-refractivity contribution in [2.45, 2.75) is 33.7 Å². The molecule has 0 aliphatic rings. The molecule has 0 saturated carbocycles. The second-order valence-corrected chi connectivity index (χ2v) is 8.36. The molecular formula is C22H24N4O2S. The lowest BCUT2D eigenvalue weighted by atomic mass is 10.1. The number of rotatable bonds is 7. The maximum atomic E-state index is 12.5. The normalized spacial score (nSPS) is 10.8. The third-order valence-electron chi connectivity index (χ3n) is 4.20. The number of nitrogens with one attached hydrogen (secondary N) is 2. The van der Waals surface area contributed by atoms with Crippen LogP contribution in [-0.2, 0) is 13.0 Å². The van der Waals surface area contributed by atoms with Crippen molar-refractivity contribution >= 4 is 28.8 Å². The van der Waals surface area contributed by atoms with E-state index in [9.17, 15) is 9.59 Å². The standard InChI is InChI=1S/C22H24N4O2S/c1-14(2)11-19-25-26-22(29-19)21(28)24-18-6-4-5-17(12-18)20(27)23-13-16-9-7-15(3)8-10-16/h4-10,12,14H,11,13H2,1-3H3,(H,23,27)(H,24,28). The van der Waals surface area contributed by atoms with Gasteiger partial charge in [0, 0.05) is 24.2 Å². The molecule has 29 heavy (non-hydrogen) atoms. The van der Waals surface area contributed by atoms with Crippen LogP contribution in [0.1, 0.15) is 50.1 Å². The van der Waals surface area contributed by atoms with Gasteiger partial charge in [0.15, 0.2) is 0 Å². The van der Waals surface area contributed by atoms with E-state index in [-0.39, 0.29) is 11.8 Å². The third kappa shape index (κ3) is 5.96. The van der Waals surface area contributed by atoms with Crippen molar-refractivity contribution in [3.8, 4) is 0 Å². The highest BCUT2D eigenvalue weighted by Crippen LogP contribution is 2.17. The molecule has 3 rings (SSSR count). The molecule has 1 heterocycles. The molecule has 2 amide bonds. The Bertz CT molecular complexity index is 996. The van der Waals surface area contributed by atoms with Gasteiger partial charge < -0.3 is 10.6 Å². The molecule has 150 valence electrons. The van der Waals surface area contributed by atoms with Crippen LogP contribution in [0.25, 0.3) is 0 Å². The number of hydrogen-bond acceptors (Lipinski definition) is 5. The van der Waals surface area contributed by atoms with Gasteiger partial charge in [0.05, 0.1) is 0 Å².